The lowest BCUT2D eigenvalue weighted by Gasteiger charge is -2.28. The number of benzene rings is 2. The van der Waals surface area contributed by atoms with Gasteiger partial charge in [0.15, 0.2) is 0 Å². The van der Waals surface area contributed by atoms with Gasteiger partial charge < -0.3 is 15.1 Å². The molecule has 5 heteroatoms. The minimum absolute atomic E-state index is 0.0464. The molecule has 2 unspecified atom stereocenters. The van der Waals surface area contributed by atoms with Crippen molar-refractivity contribution in [2.75, 3.05) is 25.5 Å². The average Bonchev–Trinajstić information content (AvgIpc) is 3.29. The van der Waals surface area contributed by atoms with E-state index >= 15 is 0 Å². The standard InChI is InChI=1S/C22H26FN3O/c1-25(2)18-6-3-5-16(13-18)21-7-4-12-26(21)22(27)24-20-11-9-15-8-10-17(23)14-19(15)20/h3,5-6,8,10,13-14,20-21H,4,7,9,11-12H2,1-2H3,(H,24,27). The summed E-state index contributed by atoms with van der Waals surface area (Å²) in [5, 5.41) is 3.15. The monoisotopic (exact) mass is 367 g/mol. The summed E-state index contributed by atoms with van der Waals surface area (Å²) in [5.74, 6) is -0.241. The van der Waals surface area contributed by atoms with Crippen molar-refractivity contribution in [1.29, 1.82) is 0 Å². The number of hydrogen-bond donors (Lipinski definition) is 1. The van der Waals surface area contributed by atoms with Crippen LogP contribution in [0, 0.1) is 5.82 Å². The molecular weight excluding hydrogens is 341 g/mol. The molecular formula is C22H26FN3O. The molecule has 2 aromatic carbocycles. The third-order valence-corrected chi connectivity index (χ3v) is 5.77. The highest BCUT2D eigenvalue weighted by molar-refractivity contribution is 5.76. The van der Waals surface area contributed by atoms with E-state index in [0.29, 0.717) is 0 Å². The lowest BCUT2D eigenvalue weighted by molar-refractivity contribution is 0.189. The van der Waals surface area contributed by atoms with Gasteiger partial charge in [-0.1, -0.05) is 18.2 Å². The molecule has 0 radical (unpaired) electrons. The van der Waals surface area contributed by atoms with Gasteiger partial charge in [0.25, 0.3) is 0 Å². The zero-order valence-corrected chi connectivity index (χ0v) is 15.9. The fraction of sp³-hybridized carbons (Fsp3) is 0.409. The van der Waals surface area contributed by atoms with Gasteiger partial charge in [-0.15, -0.1) is 0 Å². The van der Waals surface area contributed by atoms with E-state index in [1.54, 1.807) is 6.07 Å². The molecule has 1 aliphatic carbocycles. The Morgan fingerprint density at radius 1 is 1.19 bits per heavy atom. The minimum Gasteiger partial charge on any atom is -0.378 e. The van der Waals surface area contributed by atoms with Crippen LogP contribution in [0.15, 0.2) is 42.5 Å². The van der Waals surface area contributed by atoms with Crippen molar-refractivity contribution in [3.05, 3.63) is 65.0 Å². The summed E-state index contributed by atoms with van der Waals surface area (Å²) < 4.78 is 13.6. The predicted molar refractivity (Wildman–Crippen MR) is 105 cm³/mol. The van der Waals surface area contributed by atoms with Gasteiger partial charge in [0, 0.05) is 26.3 Å². The molecule has 1 fully saturated rings. The van der Waals surface area contributed by atoms with Crippen LogP contribution in [-0.4, -0.2) is 31.6 Å². The van der Waals surface area contributed by atoms with Crippen molar-refractivity contribution >= 4 is 11.7 Å². The Morgan fingerprint density at radius 3 is 2.85 bits per heavy atom. The van der Waals surface area contributed by atoms with Crippen LogP contribution in [0.4, 0.5) is 14.9 Å². The number of likely N-dealkylation sites (tertiary alicyclic amines) is 1. The number of nitrogens with one attached hydrogen (secondary N) is 1. The maximum atomic E-state index is 13.6. The van der Waals surface area contributed by atoms with Crippen molar-refractivity contribution in [3.63, 3.8) is 0 Å². The lowest BCUT2D eigenvalue weighted by Crippen LogP contribution is -2.40. The highest BCUT2D eigenvalue weighted by atomic mass is 19.1. The molecule has 2 aliphatic rings. The second-order valence-electron chi connectivity index (χ2n) is 7.72. The number of fused-ring (bicyclic) bond motifs is 1. The van der Waals surface area contributed by atoms with Gasteiger partial charge in [-0.25, -0.2) is 9.18 Å². The summed E-state index contributed by atoms with van der Waals surface area (Å²) >= 11 is 0. The Balaban J connectivity index is 1.51. The molecule has 2 amide bonds. The third kappa shape index (κ3) is 3.51. The highest BCUT2D eigenvalue weighted by Crippen LogP contribution is 2.35. The molecule has 0 bridgehead atoms. The van der Waals surface area contributed by atoms with E-state index in [4.69, 9.17) is 0 Å². The van der Waals surface area contributed by atoms with E-state index in [1.807, 2.05) is 25.1 Å². The molecule has 1 heterocycles. The van der Waals surface area contributed by atoms with Gasteiger partial charge in [0.1, 0.15) is 5.82 Å². The van der Waals surface area contributed by atoms with E-state index in [2.05, 4.69) is 34.5 Å². The van der Waals surface area contributed by atoms with Crippen LogP contribution in [0.25, 0.3) is 0 Å². The molecule has 1 saturated heterocycles. The molecule has 142 valence electrons. The highest BCUT2D eigenvalue weighted by Gasteiger charge is 2.33. The Hall–Kier alpha value is -2.56. The SMILES string of the molecule is CN(C)c1cccc(C2CCCN2C(=O)NC2CCc3ccc(F)cc32)c1. The van der Waals surface area contributed by atoms with Gasteiger partial charge in [0.2, 0.25) is 0 Å². The minimum atomic E-state index is -0.241. The normalized spacial score (nSPS) is 21.2. The molecule has 2 aromatic rings. The number of urea groups is 1. The summed E-state index contributed by atoms with van der Waals surface area (Å²) in [6, 6.07) is 13.2. The molecule has 0 saturated carbocycles. The second kappa shape index (κ2) is 7.22. The molecule has 0 spiro atoms. The number of rotatable bonds is 3. The van der Waals surface area contributed by atoms with Gasteiger partial charge >= 0.3 is 6.03 Å². The van der Waals surface area contributed by atoms with E-state index in [0.717, 1.165) is 49.0 Å². The number of amides is 2. The van der Waals surface area contributed by atoms with Crippen LogP contribution >= 0.6 is 0 Å². The van der Waals surface area contributed by atoms with Crippen LogP contribution in [0.3, 0.4) is 0 Å². The number of aryl methyl sites for hydroxylation is 1. The molecule has 0 aromatic heterocycles. The topological polar surface area (TPSA) is 35.6 Å². The molecule has 1 N–H and O–H groups in total. The first kappa shape index (κ1) is 17.8. The maximum absolute atomic E-state index is 13.6. The summed E-state index contributed by atoms with van der Waals surface area (Å²) in [7, 11) is 4.05. The van der Waals surface area contributed by atoms with Gasteiger partial charge in [-0.2, -0.15) is 0 Å². The summed E-state index contributed by atoms with van der Waals surface area (Å²) in [6.07, 6.45) is 3.69. The Morgan fingerprint density at radius 2 is 2.04 bits per heavy atom. The average molecular weight is 367 g/mol. The fourth-order valence-electron chi connectivity index (χ4n) is 4.32. The Kier molecular flexibility index (Phi) is 4.77. The first-order valence-electron chi connectivity index (χ1n) is 9.65. The summed E-state index contributed by atoms with van der Waals surface area (Å²) in [6.45, 7) is 0.755. The van der Waals surface area contributed by atoms with Gasteiger partial charge in [0.05, 0.1) is 12.1 Å². The number of carbonyl (C=O) groups is 1. The summed E-state index contributed by atoms with van der Waals surface area (Å²) in [5.41, 5.74) is 4.37. The molecule has 4 rings (SSSR count). The predicted octanol–water partition coefficient (Wildman–Crippen LogP) is 4.43. The second-order valence-corrected chi connectivity index (χ2v) is 7.72. The first-order valence-corrected chi connectivity index (χ1v) is 9.65. The number of hydrogen-bond acceptors (Lipinski definition) is 2. The third-order valence-electron chi connectivity index (χ3n) is 5.77. The van der Waals surface area contributed by atoms with Crippen LogP contribution in [0.1, 0.15) is 48.0 Å². The molecule has 2 atom stereocenters. The quantitative estimate of drug-likeness (QED) is 0.871. The zero-order chi connectivity index (χ0) is 19.0. The number of nitrogens with zero attached hydrogens (tertiary/aromatic N) is 2. The smallest absolute Gasteiger partial charge is 0.318 e. The molecule has 1 aliphatic heterocycles. The number of halogens is 1. The van der Waals surface area contributed by atoms with Crippen molar-refractivity contribution < 1.29 is 9.18 Å². The fourth-order valence-corrected chi connectivity index (χ4v) is 4.32. The van der Waals surface area contributed by atoms with E-state index in [1.165, 1.54) is 11.6 Å². The maximum Gasteiger partial charge on any atom is 0.318 e. The van der Waals surface area contributed by atoms with Crippen molar-refractivity contribution in [1.82, 2.24) is 10.2 Å². The summed E-state index contributed by atoms with van der Waals surface area (Å²) in [4.78, 5) is 17.0. The van der Waals surface area contributed by atoms with Crippen LogP contribution in [-0.2, 0) is 6.42 Å². The van der Waals surface area contributed by atoms with Crippen molar-refractivity contribution in [3.8, 4) is 0 Å². The van der Waals surface area contributed by atoms with Crippen molar-refractivity contribution in [2.45, 2.75) is 37.8 Å². The largest absolute Gasteiger partial charge is 0.378 e. The molecule has 27 heavy (non-hydrogen) atoms. The van der Waals surface area contributed by atoms with E-state index in [-0.39, 0.29) is 23.9 Å². The zero-order valence-electron chi connectivity index (χ0n) is 15.9. The Labute approximate surface area is 160 Å². The van der Waals surface area contributed by atoms with Crippen LogP contribution < -0.4 is 10.2 Å². The van der Waals surface area contributed by atoms with E-state index in [9.17, 15) is 9.18 Å². The number of carbonyl (C=O) groups excluding carboxylic acids is 1. The van der Waals surface area contributed by atoms with Crippen LogP contribution in [0.5, 0.6) is 0 Å². The lowest BCUT2D eigenvalue weighted by atomic mass is 10.0. The Bertz CT molecular complexity index is 851. The van der Waals surface area contributed by atoms with E-state index < -0.39 is 0 Å². The molecule has 4 nitrogen and oxygen atoms in total. The number of anilines is 1. The van der Waals surface area contributed by atoms with Gasteiger partial charge in [-0.3, -0.25) is 0 Å². The first-order chi connectivity index (χ1) is 13.0. The van der Waals surface area contributed by atoms with Crippen LogP contribution in [0.2, 0.25) is 0 Å². The van der Waals surface area contributed by atoms with Gasteiger partial charge in [-0.05, 0) is 66.6 Å². The van der Waals surface area contributed by atoms with Crippen molar-refractivity contribution in [2.24, 2.45) is 0 Å².